The predicted molar refractivity (Wildman–Crippen MR) is 116 cm³/mol. The maximum atomic E-state index is 12.9. The first-order valence-electron chi connectivity index (χ1n) is 9.84. The van der Waals surface area contributed by atoms with Crippen LogP contribution in [0.2, 0.25) is 5.02 Å². The van der Waals surface area contributed by atoms with Crippen molar-refractivity contribution < 1.29 is 14.3 Å². The summed E-state index contributed by atoms with van der Waals surface area (Å²) in [5.74, 6) is 0.155. The Kier molecular flexibility index (Phi) is 7.50. The molecular weight excluding hydrogens is 410 g/mol. The first kappa shape index (κ1) is 21.6. The number of aryl methyl sites for hydroxylation is 2. The summed E-state index contributed by atoms with van der Waals surface area (Å²) >= 11 is 7.32. The summed E-state index contributed by atoms with van der Waals surface area (Å²) in [5, 5.41) is 4.00. The molecule has 0 saturated heterocycles. The first-order valence-corrected chi connectivity index (χ1v) is 11.0. The zero-order valence-electron chi connectivity index (χ0n) is 16.7. The predicted octanol–water partition coefficient (Wildman–Crippen LogP) is 4.59. The molecule has 1 N–H and O–H groups in total. The van der Waals surface area contributed by atoms with Crippen molar-refractivity contribution in [1.29, 1.82) is 0 Å². The monoisotopic (exact) mass is 435 g/mol. The Labute approximate surface area is 180 Å². The van der Waals surface area contributed by atoms with Crippen molar-refractivity contribution in [3.05, 3.63) is 39.9 Å². The summed E-state index contributed by atoms with van der Waals surface area (Å²) < 4.78 is 5.62. The number of halogens is 1. The fraction of sp³-hybridized carbons (Fsp3) is 0.476. The van der Waals surface area contributed by atoms with E-state index >= 15 is 0 Å². The molecule has 0 radical (unpaired) electrons. The van der Waals surface area contributed by atoms with Crippen molar-refractivity contribution in [2.24, 2.45) is 0 Å². The van der Waals surface area contributed by atoms with Crippen LogP contribution in [0.1, 0.15) is 42.7 Å². The lowest BCUT2D eigenvalue weighted by molar-refractivity contribution is -0.139. The van der Waals surface area contributed by atoms with Gasteiger partial charge in [0.1, 0.15) is 12.3 Å². The van der Waals surface area contributed by atoms with Crippen LogP contribution in [0.5, 0.6) is 5.75 Å². The molecule has 1 aliphatic carbocycles. The van der Waals surface area contributed by atoms with Crippen LogP contribution in [0.3, 0.4) is 0 Å². The summed E-state index contributed by atoms with van der Waals surface area (Å²) in [4.78, 5) is 32.6. The van der Waals surface area contributed by atoms with Gasteiger partial charge in [0.15, 0.2) is 11.7 Å². The summed E-state index contributed by atoms with van der Waals surface area (Å²) in [6, 6.07) is 6.94. The number of benzene rings is 1. The molecule has 1 aromatic carbocycles. The second-order valence-electron chi connectivity index (χ2n) is 7.26. The quantitative estimate of drug-likeness (QED) is 0.690. The highest BCUT2D eigenvalue weighted by Gasteiger charge is 2.28. The van der Waals surface area contributed by atoms with E-state index in [9.17, 15) is 9.59 Å². The van der Waals surface area contributed by atoms with Crippen molar-refractivity contribution >= 4 is 39.9 Å². The molecule has 0 atom stereocenters. The Morgan fingerprint density at radius 3 is 2.52 bits per heavy atom. The van der Waals surface area contributed by atoms with Gasteiger partial charge in [-0.05, 0) is 51.0 Å². The zero-order valence-corrected chi connectivity index (χ0v) is 18.3. The number of ether oxygens (including phenoxy) is 1. The van der Waals surface area contributed by atoms with Gasteiger partial charge in [-0.1, -0.05) is 30.9 Å². The number of aromatic nitrogens is 1. The molecule has 3 rings (SSSR count). The Hall–Kier alpha value is -2.12. The molecule has 156 valence electrons. The van der Waals surface area contributed by atoms with Crippen molar-refractivity contribution in [3.63, 3.8) is 0 Å². The van der Waals surface area contributed by atoms with Crippen molar-refractivity contribution in [3.8, 4) is 5.75 Å². The number of hydrogen-bond donors (Lipinski definition) is 1. The minimum Gasteiger partial charge on any atom is -0.484 e. The van der Waals surface area contributed by atoms with Gasteiger partial charge in [-0.15, -0.1) is 11.3 Å². The van der Waals surface area contributed by atoms with E-state index in [0.717, 1.165) is 36.3 Å². The molecule has 6 nitrogen and oxygen atoms in total. The Bertz CT molecular complexity index is 828. The molecule has 8 heteroatoms. The number of rotatable bonds is 7. The van der Waals surface area contributed by atoms with Crippen molar-refractivity contribution in [1.82, 2.24) is 9.88 Å². The van der Waals surface area contributed by atoms with Gasteiger partial charge < -0.3 is 15.0 Å². The Morgan fingerprint density at radius 1 is 1.21 bits per heavy atom. The topological polar surface area (TPSA) is 71.5 Å². The second-order valence-corrected chi connectivity index (χ2v) is 8.90. The fourth-order valence-electron chi connectivity index (χ4n) is 3.41. The van der Waals surface area contributed by atoms with Crippen LogP contribution in [0.4, 0.5) is 5.13 Å². The number of carbonyl (C=O) groups is 2. The number of carbonyl (C=O) groups excluding carboxylic acids is 2. The first-order chi connectivity index (χ1) is 13.9. The van der Waals surface area contributed by atoms with Crippen molar-refractivity contribution in [2.45, 2.75) is 52.0 Å². The molecule has 2 aromatic rings. The molecule has 1 saturated carbocycles. The van der Waals surface area contributed by atoms with Crippen LogP contribution in [0, 0.1) is 13.8 Å². The lowest BCUT2D eigenvalue weighted by atomic mass is 9.94. The van der Waals surface area contributed by atoms with E-state index in [1.165, 1.54) is 17.8 Å². The number of hydrogen-bond acceptors (Lipinski definition) is 5. The van der Waals surface area contributed by atoms with Gasteiger partial charge in [-0.3, -0.25) is 9.59 Å². The van der Waals surface area contributed by atoms with Crippen LogP contribution >= 0.6 is 22.9 Å². The molecule has 29 heavy (non-hydrogen) atoms. The minimum absolute atomic E-state index is 0.00511. The Balaban J connectivity index is 1.63. The summed E-state index contributed by atoms with van der Waals surface area (Å²) in [5.41, 5.74) is 0.905. The standard InChI is InChI=1S/C21H26ClN3O3S/c1-14-15(2)29-21(23-14)24-19(26)12-25(17-6-4-3-5-7-17)20(27)13-28-18-10-8-16(22)9-11-18/h8-11,17H,3-7,12-13H2,1-2H3,(H,23,24,26). The van der Waals surface area contributed by atoms with Gasteiger partial charge in [0.05, 0.1) is 5.69 Å². The van der Waals surface area contributed by atoms with E-state index in [1.54, 1.807) is 29.2 Å². The molecule has 0 bridgehead atoms. The molecule has 0 spiro atoms. The lowest BCUT2D eigenvalue weighted by Gasteiger charge is -2.33. The SMILES string of the molecule is Cc1nc(NC(=O)CN(C(=O)COc2ccc(Cl)cc2)C2CCCCC2)sc1C. The zero-order chi connectivity index (χ0) is 20.8. The fourth-order valence-corrected chi connectivity index (χ4v) is 4.37. The highest BCUT2D eigenvalue weighted by atomic mass is 35.5. The average Bonchev–Trinajstić information content (AvgIpc) is 3.03. The molecule has 1 heterocycles. The summed E-state index contributed by atoms with van der Waals surface area (Å²) in [7, 11) is 0. The molecular formula is C21H26ClN3O3S. The lowest BCUT2D eigenvalue weighted by Crippen LogP contribution is -2.47. The van der Waals surface area contributed by atoms with Gasteiger partial charge >= 0.3 is 0 Å². The second kappa shape index (κ2) is 10.1. The number of nitrogens with one attached hydrogen (secondary N) is 1. The van der Waals surface area contributed by atoms with Crippen LogP contribution < -0.4 is 10.1 Å². The Morgan fingerprint density at radius 2 is 1.90 bits per heavy atom. The van der Waals surface area contributed by atoms with E-state index in [1.807, 2.05) is 13.8 Å². The van der Waals surface area contributed by atoms with Crippen LogP contribution in [0.15, 0.2) is 24.3 Å². The van der Waals surface area contributed by atoms with E-state index < -0.39 is 0 Å². The van der Waals surface area contributed by atoms with Gasteiger partial charge in [-0.25, -0.2) is 4.98 Å². The van der Waals surface area contributed by atoms with E-state index in [-0.39, 0.29) is 31.0 Å². The average molecular weight is 436 g/mol. The maximum Gasteiger partial charge on any atom is 0.261 e. The van der Waals surface area contributed by atoms with Crippen LogP contribution in [-0.2, 0) is 9.59 Å². The third-order valence-corrected chi connectivity index (χ3v) is 6.34. The van der Waals surface area contributed by atoms with Gasteiger partial charge in [0.25, 0.3) is 5.91 Å². The highest BCUT2D eigenvalue weighted by Crippen LogP contribution is 2.24. The third kappa shape index (κ3) is 6.18. The van der Waals surface area contributed by atoms with Gasteiger partial charge in [-0.2, -0.15) is 0 Å². The molecule has 0 aliphatic heterocycles. The smallest absolute Gasteiger partial charge is 0.261 e. The largest absolute Gasteiger partial charge is 0.484 e. The van der Waals surface area contributed by atoms with Gasteiger partial charge in [0, 0.05) is 15.9 Å². The number of anilines is 1. The third-order valence-electron chi connectivity index (χ3n) is 5.10. The van der Waals surface area contributed by atoms with E-state index in [2.05, 4.69) is 10.3 Å². The summed E-state index contributed by atoms with van der Waals surface area (Å²) in [6.45, 7) is 3.77. The highest BCUT2D eigenvalue weighted by molar-refractivity contribution is 7.15. The number of amides is 2. The van der Waals surface area contributed by atoms with Crippen LogP contribution in [-0.4, -0.2) is 40.9 Å². The number of nitrogens with zero attached hydrogens (tertiary/aromatic N) is 2. The number of thiazole rings is 1. The minimum atomic E-state index is -0.232. The molecule has 1 fully saturated rings. The molecule has 1 aliphatic rings. The molecule has 2 amide bonds. The van der Waals surface area contributed by atoms with E-state index in [0.29, 0.717) is 15.9 Å². The molecule has 0 unspecified atom stereocenters. The maximum absolute atomic E-state index is 12.9. The van der Waals surface area contributed by atoms with Crippen molar-refractivity contribution in [2.75, 3.05) is 18.5 Å². The normalized spacial score (nSPS) is 14.4. The summed E-state index contributed by atoms with van der Waals surface area (Å²) in [6.07, 6.45) is 5.13. The van der Waals surface area contributed by atoms with Gasteiger partial charge in [0.2, 0.25) is 5.91 Å². The van der Waals surface area contributed by atoms with Crippen LogP contribution in [0.25, 0.3) is 0 Å². The van der Waals surface area contributed by atoms with E-state index in [4.69, 9.17) is 16.3 Å². The molecule has 1 aromatic heterocycles.